The van der Waals surface area contributed by atoms with E-state index in [2.05, 4.69) is 19.9 Å². The van der Waals surface area contributed by atoms with Gasteiger partial charge in [-0.1, -0.05) is 0 Å². The standard InChI is InChI=1S/C11H14ClN5O/c1-16-6-13-9-8(16)10(15-11(12)14-9)17-4-2-3-7(17)5-18/h6-7,18H,2-5H2,1H3. The van der Waals surface area contributed by atoms with Crippen LogP contribution in [0.1, 0.15) is 12.8 Å². The molecule has 0 bridgehead atoms. The third-order valence-electron chi connectivity index (χ3n) is 3.39. The topological polar surface area (TPSA) is 67.1 Å². The molecule has 1 atom stereocenters. The highest BCUT2D eigenvalue weighted by Gasteiger charge is 2.28. The molecule has 1 aliphatic rings. The molecule has 1 aliphatic heterocycles. The lowest BCUT2D eigenvalue weighted by Crippen LogP contribution is -2.33. The van der Waals surface area contributed by atoms with Crippen LogP contribution >= 0.6 is 11.6 Å². The lowest BCUT2D eigenvalue weighted by molar-refractivity contribution is 0.266. The summed E-state index contributed by atoms with van der Waals surface area (Å²) >= 11 is 5.94. The van der Waals surface area contributed by atoms with Crippen LogP contribution < -0.4 is 4.90 Å². The van der Waals surface area contributed by atoms with Crippen molar-refractivity contribution in [3.8, 4) is 0 Å². The number of halogens is 1. The molecule has 7 heteroatoms. The predicted molar refractivity (Wildman–Crippen MR) is 68.8 cm³/mol. The maximum absolute atomic E-state index is 9.42. The third kappa shape index (κ3) is 1.72. The average Bonchev–Trinajstić information content (AvgIpc) is 2.95. The molecule has 96 valence electrons. The molecule has 1 saturated heterocycles. The quantitative estimate of drug-likeness (QED) is 0.822. The van der Waals surface area contributed by atoms with Crippen molar-refractivity contribution in [1.82, 2.24) is 19.5 Å². The van der Waals surface area contributed by atoms with Gasteiger partial charge in [0.2, 0.25) is 5.28 Å². The molecule has 1 fully saturated rings. The SMILES string of the molecule is Cn1cnc2nc(Cl)nc(N3CCCC3CO)c21. The molecule has 3 heterocycles. The van der Waals surface area contributed by atoms with Crippen LogP contribution in [0.3, 0.4) is 0 Å². The molecular weight excluding hydrogens is 254 g/mol. The second-order valence-corrected chi connectivity index (χ2v) is 4.85. The third-order valence-corrected chi connectivity index (χ3v) is 3.55. The fourth-order valence-electron chi connectivity index (χ4n) is 2.51. The van der Waals surface area contributed by atoms with Crippen molar-refractivity contribution in [3.63, 3.8) is 0 Å². The number of hydrogen-bond donors (Lipinski definition) is 1. The van der Waals surface area contributed by atoms with Crippen molar-refractivity contribution in [2.45, 2.75) is 18.9 Å². The maximum atomic E-state index is 9.42. The molecule has 1 unspecified atom stereocenters. The van der Waals surface area contributed by atoms with Crippen LogP contribution in [0.4, 0.5) is 5.82 Å². The summed E-state index contributed by atoms with van der Waals surface area (Å²) in [5.41, 5.74) is 1.45. The number of nitrogens with zero attached hydrogens (tertiary/aromatic N) is 5. The fourth-order valence-corrected chi connectivity index (χ4v) is 2.67. The van der Waals surface area contributed by atoms with E-state index in [4.69, 9.17) is 11.6 Å². The van der Waals surface area contributed by atoms with Crippen molar-refractivity contribution < 1.29 is 5.11 Å². The van der Waals surface area contributed by atoms with E-state index in [0.717, 1.165) is 30.7 Å². The molecule has 2 aromatic heterocycles. The van der Waals surface area contributed by atoms with Crippen LogP contribution in [0.2, 0.25) is 5.28 Å². The van der Waals surface area contributed by atoms with Gasteiger partial charge in [-0.25, -0.2) is 4.98 Å². The van der Waals surface area contributed by atoms with E-state index in [1.807, 2.05) is 11.6 Å². The highest BCUT2D eigenvalue weighted by atomic mass is 35.5. The van der Waals surface area contributed by atoms with Gasteiger partial charge in [-0.05, 0) is 24.4 Å². The molecule has 18 heavy (non-hydrogen) atoms. The van der Waals surface area contributed by atoms with Crippen molar-refractivity contribution in [1.29, 1.82) is 0 Å². The van der Waals surface area contributed by atoms with Crippen LogP contribution in [0.15, 0.2) is 6.33 Å². The molecule has 0 radical (unpaired) electrons. The Morgan fingerprint density at radius 3 is 3.11 bits per heavy atom. The molecule has 0 aliphatic carbocycles. The molecule has 0 saturated carbocycles. The first-order valence-corrected chi connectivity index (χ1v) is 6.30. The lowest BCUT2D eigenvalue weighted by Gasteiger charge is -2.24. The Hall–Kier alpha value is -1.40. The number of rotatable bonds is 2. The molecule has 2 aromatic rings. The largest absolute Gasteiger partial charge is 0.394 e. The molecule has 1 N–H and O–H groups in total. The van der Waals surface area contributed by atoms with Gasteiger partial charge in [0.25, 0.3) is 0 Å². The first-order valence-electron chi connectivity index (χ1n) is 5.92. The summed E-state index contributed by atoms with van der Waals surface area (Å²) in [6, 6.07) is 0.106. The van der Waals surface area contributed by atoms with E-state index in [0.29, 0.717) is 5.65 Å². The van der Waals surface area contributed by atoms with Crippen molar-refractivity contribution in [3.05, 3.63) is 11.6 Å². The van der Waals surface area contributed by atoms with Gasteiger partial charge in [0.05, 0.1) is 19.0 Å². The molecule has 3 rings (SSSR count). The molecule has 6 nitrogen and oxygen atoms in total. The molecular formula is C11H14ClN5O. The van der Waals surface area contributed by atoms with Gasteiger partial charge >= 0.3 is 0 Å². The van der Waals surface area contributed by atoms with E-state index < -0.39 is 0 Å². The van der Waals surface area contributed by atoms with Gasteiger partial charge in [-0.15, -0.1) is 0 Å². The Kier molecular flexibility index (Phi) is 2.83. The highest BCUT2D eigenvalue weighted by Crippen LogP contribution is 2.30. The first-order chi connectivity index (χ1) is 8.70. The number of fused-ring (bicyclic) bond motifs is 1. The molecule has 0 spiro atoms. The van der Waals surface area contributed by atoms with Crippen molar-refractivity contribution in [2.75, 3.05) is 18.1 Å². The van der Waals surface area contributed by atoms with Gasteiger partial charge in [-0.2, -0.15) is 9.97 Å². The van der Waals surface area contributed by atoms with Gasteiger partial charge < -0.3 is 14.6 Å². The van der Waals surface area contributed by atoms with Crippen LogP contribution in [0, 0.1) is 0 Å². The molecule has 0 amide bonds. The van der Waals surface area contributed by atoms with Gasteiger partial charge in [-0.3, -0.25) is 0 Å². The van der Waals surface area contributed by atoms with E-state index >= 15 is 0 Å². The van der Waals surface area contributed by atoms with Crippen molar-refractivity contribution >= 4 is 28.6 Å². The summed E-state index contributed by atoms with van der Waals surface area (Å²) in [5.74, 6) is 0.765. The Morgan fingerprint density at radius 1 is 1.50 bits per heavy atom. The monoisotopic (exact) mass is 267 g/mol. The highest BCUT2D eigenvalue weighted by molar-refractivity contribution is 6.28. The number of imidazole rings is 1. The number of aliphatic hydroxyl groups is 1. The minimum atomic E-state index is 0.106. The second-order valence-electron chi connectivity index (χ2n) is 4.52. The van der Waals surface area contributed by atoms with E-state index in [9.17, 15) is 5.11 Å². The lowest BCUT2D eigenvalue weighted by atomic mass is 10.2. The minimum Gasteiger partial charge on any atom is -0.394 e. The summed E-state index contributed by atoms with van der Waals surface area (Å²) in [5, 5.41) is 9.61. The fraction of sp³-hybridized carbons (Fsp3) is 0.545. The van der Waals surface area contributed by atoms with E-state index in [1.54, 1.807) is 6.33 Å². The summed E-state index contributed by atoms with van der Waals surface area (Å²) in [6.07, 6.45) is 3.72. The van der Waals surface area contributed by atoms with E-state index in [-0.39, 0.29) is 17.9 Å². The smallest absolute Gasteiger partial charge is 0.226 e. The minimum absolute atomic E-state index is 0.106. The zero-order valence-electron chi connectivity index (χ0n) is 10.0. The Bertz CT molecular complexity index is 584. The van der Waals surface area contributed by atoms with Gasteiger partial charge in [0.15, 0.2) is 11.5 Å². The normalized spacial score (nSPS) is 19.9. The number of aromatic nitrogens is 4. The Balaban J connectivity index is 2.18. The number of anilines is 1. The number of hydrogen-bond acceptors (Lipinski definition) is 5. The van der Waals surface area contributed by atoms with Crippen LogP contribution in [0.5, 0.6) is 0 Å². The predicted octanol–water partition coefficient (Wildman–Crippen LogP) is 0.978. The number of aryl methyl sites for hydroxylation is 1. The number of aliphatic hydroxyl groups excluding tert-OH is 1. The zero-order valence-corrected chi connectivity index (χ0v) is 10.8. The first kappa shape index (κ1) is 11.7. The van der Waals surface area contributed by atoms with Crippen LogP contribution in [0.25, 0.3) is 11.2 Å². The second kappa shape index (κ2) is 4.37. The van der Waals surface area contributed by atoms with Crippen molar-refractivity contribution in [2.24, 2.45) is 7.05 Å². The zero-order chi connectivity index (χ0) is 12.7. The Morgan fingerprint density at radius 2 is 2.33 bits per heavy atom. The molecule has 0 aromatic carbocycles. The van der Waals surface area contributed by atoms with Crippen LogP contribution in [-0.4, -0.2) is 43.8 Å². The summed E-state index contributed by atoms with van der Waals surface area (Å²) in [7, 11) is 1.90. The van der Waals surface area contributed by atoms with Gasteiger partial charge in [0, 0.05) is 13.6 Å². The Labute approximate surface area is 109 Å². The van der Waals surface area contributed by atoms with Gasteiger partial charge in [0.1, 0.15) is 5.52 Å². The summed E-state index contributed by atoms with van der Waals surface area (Å²) in [4.78, 5) is 14.7. The maximum Gasteiger partial charge on any atom is 0.226 e. The summed E-state index contributed by atoms with van der Waals surface area (Å²) < 4.78 is 1.88. The summed E-state index contributed by atoms with van der Waals surface area (Å²) in [6.45, 7) is 1.000. The average molecular weight is 268 g/mol. The van der Waals surface area contributed by atoms with E-state index in [1.165, 1.54) is 0 Å². The van der Waals surface area contributed by atoms with Crippen LogP contribution in [-0.2, 0) is 7.05 Å².